The molecule has 0 unspecified atom stereocenters. The number of nitrogens with one attached hydrogen (secondary N) is 1. The number of fused-ring (bicyclic) bond motifs is 1. The van der Waals surface area contributed by atoms with Crippen molar-refractivity contribution in [3.8, 4) is 5.75 Å². The highest BCUT2D eigenvalue weighted by Crippen LogP contribution is 2.28. The Labute approximate surface area is 173 Å². The predicted octanol–water partition coefficient (Wildman–Crippen LogP) is 1.46. The Hall–Kier alpha value is -3.11. The largest absolute Gasteiger partial charge is 0.496 e. The Morgan fingerprint density at radius 3 is 2.53 bits per heavy atom. The number of aromatic nitrogens is 2. The zero-order valence-electron chi connectivity index (χ0n) is 16.4. The second-order valence-electron chi connectivity index (χ2n) is 7.25. The lowest BCUT2D eigenvalue weighted by Gasteiger charge is -2.33. The van der Waals surface area contributed by atoms with Crippen LogP contribution in [0.4, 0.5) is 0 Å². The van der Waals surface area contributed by atoms with E-state index < -0.39 is 10.0 Å². The number of aromatic amines is 1. The average molecular weight is 430 g/mol. The Kier molecular flexibility index (Phi) is 5.12. The molecule has 1 aliphatic rings. The Morgan fingerprint density at radius 1 is 1.17 bits per heavy atom. The van der Waals surface area contributed by atoms with Crippen molar-refractivity contribution in [2.45, 2.75) is 23.8 Å². The van der Waals surface area contributed by atoms with Gasteiger partial charge in [-0.15, -0.1) is 0 Å². The Morgan fingerprint density at radius 2 is 1.87 bits per heavy atom. The van der Waals surface area contributed by atoms with Gasteiger partial charge in [0.05, 0.1) is 28.6 Å². The monoisotopic (exact) mass is 430 g/mol. The summed E-state index contributed by atoms with van der Waals surface area (Å²) in [4.78, 5) is 29.9. The highest BCUT2D eigenvalue weighted by molar-refractivity contribution is 7.89. The summed E-state index contributed by atoms with van der Waals surface area (Å²) in [5, 5.41) is 5.20. The second kappa shape index (κ2) is 7.62. The molecule has 4 rings (SSSR count). The molecule has 2 aromatic carbocycles. The topological polar surface area (TPSA) is 127 Å². The van der Waals surface area contributed by atoms with Crippen LogP contribution in [0.2, 0.25) is 0 Å². The van der Waals surface area contributed by atoms with E-state index in [0.717, 1.165) is 11.0 Å². The van der Waals surface area contributed by atoms with Crippen molar-refractivity contribution in [3.63, 3.8) is 0 Å². The number of hydrogen-bond donors (Lipinski definition) is 2. The van der Waals surface area contributed by atoms with Crippen LogP contribution in [0.3, 0.4) is 0 Å². The minimum absolute atomic E-state index is 0.0321. The summed E-state index contributed by atoms with van der Waals surface area (Å²) in [6, 6.07) is 11.4. The first-order chi connectivity index (χ1) is 14.3. The Bertz CT molecular complexity index is 1270. The first-order valence-electron chi connectivity index (χ1n) is 9.49. The molecule has 0 atom stereocenters. The van der Waals surface area contributed by atoms with E-state index in [9.17, 15) is 18.0 Å². The number of nitrogens with two attached hydrogens (primary N) is 1. The van der Waals surface area contributed by atoms with Crippen molar-refractivity contribution in [2.24, 2.45) is 5.14 Å². The third-order valence-electron chi connectivity index (χ3n) is 5.47. The number of primary sulfonamides is 1. The third kappa shape index (κ3) is 3.59. The van der Waals surface area contributed by atoms with E-state index in [0.29, 0.717) is 25.9 Å². The number of carbonyl (C=O) groups excluding carboxylic acids is 1. The minimum Gasteiger partial charge on any atom is -0.496 e. The lowest BCUT2D eigenvalue weighted by Crippen LogP contribution is -2.40. The number of methoxy groups -OCH3 is 1. The van der Waals surface area contributed by atoms with Crippen molar-refractivity contribution >= 4 is 27.0 Å². The number of H-pyrrole nitrogens is 1. The average Bonchev–Trinajstić information content (AvgIpc) is 3.08. The molecular formula is C20H22N4O5S. The van der Waals surface area contributed by atoms with Crippen LogP contribution in [0.1, 0.15) is 29.2 Å². The van der Waals surface area contributed by atoms with Crippen LogP contribution >= 0.6 is 0 Å². The van der Waals surface area contributed by atoms with Gasteiger partial charge in [0.25, 0.3) is 5.91 Å². The number of likely N-dealkylation sites (tertiary alicyclic amines) is 1. The van der Waals surface area contributed by atoms with Gasteiger partial charge in [-0.25, -0.2) is 18.4 Å². The van der Waals surface area contributed by atoms with E-state index in [1.165, 1.54) is 25.3 Å². The van der Waals surface area contributed by atoms with E-state index in [4.69, 9.17) is 9.88 Å². The molecule has 1 amide bonds. The quantitative estimate of drug-likeness (QED) is 0.648. The molecular weight excluding hydrogens is 408 g/mol. The molecule has 0 radical (unpaired) electrons. The zero-order chi connectivity index (χ0) is 21.5. The summed E-state index contributed by atoms with van der Waals surface area (Å²) in [5.41, 5.74) is 1.61. The fraction of sp³-hybridized carbons (Fsp3) is 0.300. The molecule has 0 bridgehead atoms. The zero-order valence-corrected chi connectivity index (χ0v) is 17.2. The molecule has 0 aliphatic carbocycles. The van der Waals surface area contributed by atoms with Gasteiger partial charge in [-0.1, -0.05) is 12.1 Å². The lowest BCUT2D eigenvalue weighted by molar-refractivity contribution is 0.0691. The smallest absolute Gasteiger partial charge is 0.326 e. The molecule has 30 heavy (non-hydrogen) atoms. The molecule has 1 aliphatic heterocycles. The molecule has 0 spiro atoms. The van der Waals surface area contributed by atoms with Crippen molar-refractivity contribution in [2.75, 3.05) is 20.2 Å². The number of nitrogens with zero attached hydrogens (tertiary/aromatic N) is 2. The number of para-hydroxylation sites is 2. The van der Waals surface area contributed by atoms with Crippen LogP contribution < -0.4 is 15.6 Å². The number of amides is 1. The van der Waals surface area contributed by atoms with Gasteiger partial charge in [-0.05, 0) is 43.2 Å². The number of sulfonamides is 1. The number of ether oxygens (including phenoxy) is 1. The van der Waals surface area contributed by atoms with Crippen molar-refractivity contribution < 1.29 is 17.9 Å². The number of hydrogen-bond acceptors (Lipinski definition) is 5. The van der Waals surface area contributed by atoms with E-state index in [-0.39, 0.29) is 33.8 Å². The summed E-state index contributed by atoms with van der Waals surface area (Å²) in [6.45, 7) is 0.858. The number of imidazole rings is 1. The van der Waals surface area contributed by atoms with E-state index in [1.54, 1.807) is 9.47 Å². The maximum Gasteiger partial charge on any atom is 0.326 e. The van der Waals surface area contributed by atoms with Gasteiger partial charge >= 0.3 is 5.69 Å². The first kappa shape index (κ1) is 20.2. The lowest BCUT2D eigenvalue weighted by atomic mass is 10.0. The highest BCUT2D eigenvalue weighted by atomic mass is 32.2. The van der Waals surface area contributed by atoms with Gasteiger partial charge in [0.1, 0.15) is 5.75 Å². The molecule has 3 N–H and O–H groups in total. The standard InChI is InChI=1S/C20H22N4O5S/c1-29-18-7-6-14(30(21,27)28)12-15(18)19(25)23-10-8-13(9-11-23)24-17-5-3-2-4-16(17)22-20(24)26/h2-7,12-13H,8-11H2,1H3,(H,22,26)(H2,21,27,28). The van der Waals surface area contributed by atoms with Crippen LogP contribution in [0, 0.1) is 0 Å². The van der Waals surface area contributed by atoms with Gasteiger partial charge in [-0.3, -0.25) is 9.36 Å². The Balaban J connectivity index is 1.57. The molecule has 10 heteroatoms. The fourth-order valence-corrected chi connectivity index (χ4v) is 4.51. The van der Waals surface area contributed by atoms with Crippen LogP contribution in [0.25, 0.3) is 11.0 Å². The van der Waals surface area contributed by atoms with Gasteiger partial charge in [0.2, 0.25) is 10.0 Å². The maximum absolute atomic E-state index is 13.1. The summed E-state index contributed by atoms with van der Waals surface area (Å²) in [6.07, 6.45) is 1.20. The van der Waals surface area contributed by atoms with Crippen molar-refractivity contribution in [1.82, 2.24) is 14.5 Å². The normalized spacial score (nSPS) is 15.5. The SMILES string of the molecule is COc1ccc(S(N)(=O)=O)cc1C(=O)N1CCC(n2c(=O)[nH]c3ccccc32)CC1. The van der Waals surface area contributed by atoms with Crippen LogP contribution in [0.5, 0.6) is 5.75 Å². The van der Waals surface area contributed by atoms with Crippen molar-refractivity contribution in [1.29, 1.82) is 0 Å². The number of rotatable bonds is 4. The molecule has 1 saturated heterocycles. The number of piperidine rings is 1. The minimum atomic E-state index is -3.95. The molecule has 0 saturated carbocycles. The molecule has 158 valence electrons. The van der Waals surface area contributed by atoms with Crippen LogP contribution in [0.15, 0.2) is 52.2 Å². The maximum atomic E-state index is 13.1. The third-order valence-corrected chi connectivity index (χ3v) is 6.38. The summed E-state index contributed by atoms with van der Waals surface area (Å²) in [7, 11) is -2.53. The van der Waals surface area contributed by atoms with E-state index in [2.05, 4.69) is 4.98 Å². The van der Waals surface area contributed by atoms with Gasteiger partial charge in [0.15, 0.2) is 0 Å². The molecule has 9 nitrogen and oxygen atoms in total. The van der Waals surface area contributed by atoms with E-state index in [1.807, 2.05) is 24.3 Å². The second-order valence-corrected chi connectivity index (χ2v) is 8.81. The number of benzene rings is 2. The van der Waals surface area contributed by atoms with Gasteiger partial charge in [-0.2, -0.15) is 0 Å². The summed E-state index contributed by atoms with van der Waals surface area (Å²) >= 11 is 0. The first-order valence-corrected chi connectivity index (χ1v) is 11.0. The number of carbonyl (C=O) groups is 1. The highest BCUT2D eigenvalue weighted by Gasteiger charge is 2.28. The van der Waals surface area contributed by atoms with Crippen LogP contribution in [-0.2, 0) is 10.0 Å². The fourth-order valence-electron chi connectivity index (χ4n) is 3.97. The van der Waals surface area contributed by atoms with Crippen molar-refractivity contribution in [3.05, 3.63) is 58.5 Å². The van der Waals surface area contributed by atoms with Gasteiger partial charge in [0, 0.05) is 19.1 Å². The van der Waals surface area contributed by atoms with Crippen LogP contribution in [-0.4, -0.2) is 49.0 Å². The molecule has 3 aromatic rings. The van der Waals surface area contributed by atoms with Gasteiger partial charge < -0.3 is 14.6 Å². The van der Waals surface area contributed by atoms with E-state index >= 15 is 0 Å². The molecule has 2 heterocycles. The summed E-state index contributed by atoms with van der Waals surface area (Å²) < 4.78 is 30.3. The molecule has 1 aromatic heterocycles. The predicted molar refractivity (Wildman–Crippen MR) is 111 cm³/mol. The summed E-state index contributed by atoms with van der Waals surface area (Å²) in [5.74, 6) is -0.0514. The molecule has 1 fully saturated rings.